The molecule has 0 aromatic rings. The Labute approximate surface area is 108 Å². The lowest BCUT2D eigenvalue weighted by atomic mass is 9.82. The van der Waals surface area contributed by atoms with Gasteiger partial charge in [-0.3, -0.25) is 14.0 Å². The minimum atomic E-state index is -0.909. The maximum Gasteiger partial charge on any atom is 0.246 e. The van der Waals surface area contributed by atoms with Gasteiger partial charge in [0, 0.05) is 6.54 Å². The van der Waals surface area contributed by atoms with E-state index in [1.807, 2.05) is 20.8 Å². The van der Waals surface area contributed by atoms with Crippen LogP contribution in [-0.4, -0.2) is 41.5 Å². The molecule has 1 saturated heterocycles. The number of piperazine rings is 1. The van der Waals surface area contributed by atoms with E-state index in [2.05, 4.69) is 5.32 Å². The first-order chi connectivity index (χ1) is 8.12. The van der Waals surface area contributed by atoms with E-state index in [0.29, 0.717) is 0 Å². The summed E-state index contributed by atoms with van der Waals surface area (Å²) in [6, 6.07) is -0.544. The van der Waals surface area contributed by atoms with E-state index in [1.54, 1.807) is 13.8 Å². The Bertz CT molecular complexity index is 347. The van der Waals surface area contributed by atoms with Crippen LogP contribution in [0.3, 0.4) is 0 Å². The summed E-state index contributed by atoms with van der Waals surface area (Å²) in [6.45, 7) is 8.89. The SMILES string of the molecule is CC(C)(C)C1NC(=O)C(C)(C)N(CCCF)C1=O. The van der Waals surface area contributed by atoms with Crippen LogP contribution in [0.4, 0.5) is 4.39 Å². The smallest absolute Gasteiger partial charge is 0.246 e. The molecule has 1 N–H and O–H groups in total. The Balaban J connectivity index is 3.02. The highest BCUT2D eigenvalue weighted by Gasteiger charge is 2.49. The van der Waals surface area contributed by atoms with Gasteiger partial charge in [0.1, 0.15) is 11.6 Å². The van der Waals surface area contributed by atoms with E-state index < -0.39 is 18.3 Å². The second kappa shape index (κ2) is 4.86. The Kier molecular flexibility index (Phi) is 4.03. The number of rotatable bonds is 3. The minimum Gasteiger partial charge on any atom is -0.342 e. The molecule has 1 atom stereocenters. The first-order valence-electron chi connectivity index (χ1n) is 6.30. The minimum absolute atomic E-state index is 0.124. The number of hydrogen-bond acceptors (Lipinski definition) is 2. The fourth-order valence-electron chi connectivity index (χ4n) is 2.12. The van der Waals surface area contributed by atoms with Crippen molar-refractivity contribution in [2.24, 2.45) is 5.41 Å². The first-order valence-corrected chi connectivity index (χ1v) is 6.30. The van der Waals surface area contributed by atoms with Crippen LogP contribution < -0.4 is 5.32 Å². The van der Waals surface area contributed by atoms with Gasteiger partial charge in [-0.05, 0) is 25.7 Å². The van der Waals surface area contributed by atoms with Crippen molar-refractivity contribution in [2.75, 3.05) is 13.2 Å². The van der Waals surface area contributed by atoms with Crippen molar-refractivity contribution < 1.29 is 14.0 Å². The van der Waals surface area contributed by atoms with Gasteiger partial charge in [0.25, 0.3) is 0 Å². The van der Waals surface area contributed by atoms with E-state index in [9.17, 15) is 14.0 Å². The summed E-state index contributed by atoms with van der Waals surface area (Å²) in [5.74, 6) is -0.304. The number of carbonyl (C=O) groups excluding carboxylic acids is 2. The molecule has 1 fully saturated rings. The first kappa shape index (κ1) is 14.9. The van der Waals surface area contributed by atoms with Crippen LogP contribution in [0, 0.1) is 5.41 Å². The van der Waals surface area contributed by atoms with Crippen molar-refractivity contribution in [3.8, 4) is 0 Å². The predicted molar refractivity (Wildman–Crippen MR) is 67.8 cm³/mol. The lowest BCUT2D eigenvalue weighted by Crippen LogP contribution is -2.70. The number of hydrogen-bond donors (Lipinski definition) is 1. The second-order valence-corrected chi connectivity index (χ2v) is 6.36. The molecule has 1 aliphatic heterocycles. The van der Waals surface area contributed by atoms with Crippen LogP contribution in [0.25, 0.3) is 0 Å². The van der Waals surface area contributed by atoms with Crippen LogP contribution in [0.1, 0.15) is 41.0 Å². The lowest BCUT2D eigenvalue weighted by molar-refractivity contribution is -0.158. The number of amides is 2. The summed E-state index contributed by atoms with van der Waals surface area (Å²) in [6.07, 6.45) is 0.263. The van der Waals surface area contributed by atoms with E-state index in [1.165, 1.54) is 4.90 Å². The normalized spacial score (nSPS) is 24.1. The summed E-state index contributed by atoms with van der Waals surface area (Å²) in [5, 5.41) is 2.78. The molecule has 104 valence electrons. The number of nitrogens with one attached hydrogen (secondary N) is 1. The molecule has 0 radical (unpaired) electrons. The molecule has 1 aliphatic rings. The third-order valence-corrected chi connectivity index (χ3v) is 3.40. The molecule has 5 heteroatoms. The zero-order chi connectivity index (χ0) is 14.1. The van der Waals surface area contributed by atoms with Crippen LogP contribution >= 0.6 is 0 Å². The zero-order valence-corrected chi connectivity index (χ0v) is 11.8. The predicted octanol–water partition coefficient (Wildman–Crippen LogP) is 1.50. The van der Waals surface area contributed by atoms with Crippen LogP contribution in [0.15, 0.2) is 0 Å². The van der Waals surface area contributed by atoms with E-state index in [-0.39, 0.29) is 30.2 Å². The molecule has 0 spiro atoms. The van der Waals surface area contributed by atoms with Gasteiger partial charge in [-0.1, -0.05) is 20.8 Å². The Morgan fingerprint density at radius 2 is 1.89 bits per heavy atom. The molecule has 0 bridgehead atoms. The molecule has 4 nitrogen and oxygen atoms in total. The summed E-state index contributed by atoms with van der Waals surface area (Å²) < 4.78 is 12.3. The molecule has 1 rings (SSSR count). The molecule has 18 heavy (non-hydrogen) atoms. The zero-order valence-electron chi connectivity index (χ0n) is 11.8. The standard InChI is InChI=1S/C13H23FN2O2/c1-12(2,3)9-10(17)16(8-6-7-14)13(4,5)11(18)15-9/h9H,6-8H2,1-5H3,(H,15,18). The summed E-state index contributed by atoms with van der Waals surface area (Å²) in [7, 11) is 0. The molecule has 2 amide bonds. The Hall–Kier alpha value is -1.13. The van der Waals surface area contributed by atoms with Gasteiger partial charge in [-0.25, -0.2) is 0 Å². The van der Waals surface area contributed by atoms with Crippen LogP contribution in [0.5, 0.6) is 0 Å². The fourth-order valence-corrected chi connectivity index (χ4v) is 2.12. The highest BCUT2D eigenvalue weighted by molar-refractivity contribution is 5.99. The van der Waals surface area contributed by atoms with Gasteiger partial charge in [0.05, 0.1) is 6.67 Å². The molecule has 1 heterocycles. The van der Waals surface area contributed by atoms with Crippen molar-refractivity contribution in [1.82, 2.24) is 10.2 Å². The molecule has 1 unspecified atom stereocenters. The number of alkyl halides is 1. The summed E-state index contributed by atoms with van der Waals surface area (Å²) in [4.78, 5) is 26.0. The number of carbonyl (C=O) groups is 2. The maximum atomic E-state index is 12.4. The van der Waals surface area contributed by atoms with Crippen molar-refractivity contribution in [2.45, 2.75) is 52.6 Å². The highest BCUT2D eigenvalue weighted by Crippen LogP contribution is 2.29. The Morgan fingerprint density at radius 1 is 1.33 bits per heavy atom. The van der Waals surface area contributed by atoms with Gasteiger partial charge in [-0.2, -0.15) is 0 Å². The van der Waals surface area contributed by atoms with E-state index >= 15 is 0 Å². The monoisotopic (exact) mass is 258 g/mol. The van der Waals surface area contributed by atoms with Crippen LogP contribution in [-0.2, 0) is 9.59 Å². The average molecular weight is 258 g/mol. The quantitative estimate of drug-likeness (QED) is 0.834. The third kappa shape index (κ3) is 2.65. The largest absolute Gasteiger partial charge is 0.342 e. The van der Waals surface area contributed by atoms with E-state index in [4.69, 9.17) is 0 Å². The lowest BCUT2D eigenvalue weighted by Gasteiger charge is -2.47. The molecule has 0 saturated carbocycles. The van der Waals surface area contributed by atoms with Crippen molar-refractivity contribution >= 4 is 11.8 Å². The van der Waals surface area contributed by atoms with Crippen molar-refractivity contribution in [3.05, 3.63) is 0 Å². The van der Waals surface area contributed by atoms with Gasteiger partial charge in [0.15, 0.2) is 0 Å². The maximum absolute atomic E-state index is 12.4. The van der Waals surface area contributed by atoms with Crippen LogP contribution in [0.2, 0.25) is 0 Å². The molecular formula is C13H23FN2O2. The Morgan fingerprint density at radius 3 is 2.33 bits per heavy atom. The second-order valence-electron chi connectivity index (χ2n) is 6.36. The molecule has 0 aliphatic carbocycles. The van der Waals surface area contributed by atoms with Crippen molar-refractivity contribution in [3.63, 3.8) is 0 Å². The average Bonchev–Trinajstić information content (AvgIpc) is 2.22. The fraction of sp³-hybridized carbons (Fsp3) is 0.846. The molecular weight excluding hydrogens is 235 g/mol. The van der Waals surface area contributed by atoms with E-state index in [0.717, 1.165) is 0 Å². The highest BCUT2D eigenvalue weighted by atomic mass is 19.1. The van der Waals surface area contributed by atoms with Gasteiger partial charge >= 0.3 is 0 Å². The molecule has 0 aromatic carbocycles. The third-order valence-electron chi connectivity index (χ3n) is 3.40. The number of halogens is 1. The molecule has 0 aromatic heterocycles. The van der Waals surface area contributed by atoms with Gasteiger partial charge < -0.3 is 10.2 Å². The topological polar surface area (TPSA) is 49.4 Å². The number of nitrogens with zero attached hydrogens (tertiary/aromatic N) is 1. The summed E-state index contributed by atoms with van der Waals surface area (Å²) in [5.41, 5.74) is -1.26. The van der Waals surface area contributed by atoms with Crippen molar-refractivity contribution in [1.29, 1.82) is 0 Å². The summed E-state index contributed by atoms with van der Waals surface area (Å²) >= 11 is 0. The van der Waals surface area contributed by atoms with Gasteiger partial charge in [-0.15, -0.1) is 0 Å². The van der Waals surface area contributed by atoms with Gasteiger partial charge in [0.2, 0.25) is 11.8 Å².